The summed E-state index contributed by atoms with van der Waals surface area (Å²) in [5, 5.41) is 1.61. The molecule has 1 N–H and O–H groups in total. The first-order valence-corrected chi connectivity index (χ1v) is 10.6. The summed E-state index contributed by atoms with van der Waals surface area (Å²) in [6.45, 7) is -0.217. The molecule has 1 aliphatic heterocycles. The van der Waals surface area contributed by atoms with E-state index in [2.05, 4.69) is 4.72 Å². The van der Waals surface area contributed by atoms with E-state index in [1.54, 1.807) is 23.6 Å². The summed E-state index contributed by atoms with van der Waals surface area (Å²) in [5.41, 5.74) is 0.0745. The van der Waals surface area contributed by atoms with E-state index in [1.165, 1.54) is 18.2 Å². The normalized spacial score (nSPS) is 18.3. The highest BCUT2D eigenvalue weighted by atomic mass is 32.2. The zero-order valence-corrected chi connectivity index (χ0v) is 15.7. The number of para-hydroxylation sites is 1. The number of nitrogens with one attached hydrogen (secondary N) is 1. The maximum atomic E-state index is 13.0. The number of alkyl halides is 3. The van der Waals surface area contributed by atoms with Crippen LogP contribution in [0.15, 0.2) is 46.0 Å². The number of piperidine rings is 1. The van der Waals surface area contributed by atoms with E-state index in [9.17, 15) is 26.4 Å². The van der Waals surface area contributed by atoms with Crippen LogP contribution in [0.4, 0.5) is 18.9 Å². The number of anilines is 1. The molecule has 0 spiro atoms. The van der Waals surface area contributed by atoms with Crippen LogP contribution >= 0.6 is 11.3 Å². The summed E-state index contributed by atoms with van der Waals surface area (Å²) in [7, 11) is -3.87. The third-order valence-corrected chi connectivity index (χ3v) is 7.10. The third-order valence-electron chi connectivity index (χ3n) is 4.33. The Labute approximate surface area is 158 Å². The molecule has 0 saturated carbocycles. The number of benzene rings is 1. The molecule has 27 heavy (non-hydrogen) atoms. The lowest BCUT2D eigenvalue weighted by Crippen LogP contribution is -2.44. The summed E-state index contributed by atoms with van der Waals surface area (Å²) in [6, 6.07) is 8.94. The minimum absolute atomic E-state index is 0.0140. The third kappa shape index (κ3) is 4.44. The number of carbonyl (C=O) groups excluding carboxylic acids is 1. The largest absolute Gasteiger partial charge is 0.393 e. The van der Waals surface area contributed by atoms with Gasteiger partial charge in [-0.25, -0.2) is 8.42 Å². The molecule has 2 heterocycles. The van der Waals surface area contributed by atoms with Gasteiger partial charge in [0.1, 0.15) is 4.21 Å². The summed E-state index contributed by atoms with van der Waals surface area (Å²) in [6.07, 6.45) is -4.13. The fraction of sp³-hybridized carbons (Fsp3) is 0.353. The minimum Gasteiger partial charge on any atom is -0.338 e. The van der Waals surface area contributed by atoms with Crippen LogP contribution in [-0.4, -0.2) is 38.5 Å². The molecular formula is C17H17F3N2O3S2. The number of thiophene rings is 1. The number of likely N-dealkylation sites (tertiary alicyclic amines) is 1. The van der Waals surface area contributed by atoms with Gasteiger partial charge in [0.25, 0.3) is 15.9 Å². The number of carbonyl (C=O) groups is 1. The van der Waals surface area contributed by atoms with Gasteiger partial charge in [0, 0.05) is 13.1 Å². The van der Waals surface area contributed by atoms with Crippen molar-refractivity contribution in [2.75, 3.05) is 17.8 Å². The molecule has 0 bridgehead atoms. The maximum absolute atomic E-state index is 13.0. The molecule has 3 rings (SSSR count). The molecule has 1 amide bonds. The van der Waals surface area contributed by atoms with Crippen molar-refractivity contribution in [2.24, 2.45) is 5.92 Å². The van der Waals surface area contributed by atoms with Crippen molar-refractivity contribution in [3.05, 3.63) is 47.3 Å². The van der Waals surface area contributed by atoms with Crippen molar-refractivity contribution in [1.82, 2.24) is 4.90 Å². The van der Waals surface area contributed by atoms with Crippen LogP contribution in [0, 0.1) is 5.92 Å². The number of hydrogen-bond acceptors (Lipinski definition) is 4. The van der Waals surface area contributed by atoms with Crippen LogP contribution in [0.2, 0.25) is 0 Å². The molecule has 1 aromatic heterocycles. The van der Waals surface area contributed by atoms with Crippen LogP contribution in [0.25, 0.3) is 0 Å². The van der Waals surface area contributed by atoms with Gasteiger partial charge in [-0.1, -0.05) is 18.2 Å². The van der Waals surface area contributed by atoms with Crippen LogP contribution in [0.1, 0.15) is 23.2 Å². The number of sulfonamides is 1. The second-order valence-corrected chi connectivity index (χ2v) is 9.07. The Morgan fingerprint density at radius 2 is 1.93 bits per heavy atom. The molecule has 0 radical (unpaired) electrons. The lowest BCUT2D eigenvalue weighted by molar-refractivity contribution is -0.184. The SMILES string of the molecule is O=C(c1ccccc1NS(=O)(=O)c1cccs1)N1CCC[C@H](C(F)(F)F)C1. The zero-order chi connectivity index (χ0) is 19.7. The van der Waals surface area contributed by atoms with E-state index in [0.29, 0.717) is 0 Å². The highest BCUT2D eigenvalue weighted by Gasteiger charge is 2.43. The molecular weight excluding hydrogens is 401 g/mol. The Balaban J connectivity index is 1.84. The van der Waals surface area contributed by atoms with Gasteiger partial charge >= 0.3 is 6.18 Å². The molecule has 5 nitrogen and oxygen atoms in total. The van der Waals surface area contributed by atoms with Gasteiger partial charge in [0.2, 0.25) is 0 Å². The van der Waals surface area contributed by atoms with E-state index in [-0.39, 0.29) is 34.8 Å². The fourth-order valence-corrected chi connectivity index (χ4v) is 5.04. The van der Waals surface area contributed by atoms with E-state index >= 15 is 0 Å². The van der Waals surface area contributed by atoms with Crippen LogP contribution in [0.3, 0.4) is 0 Å². The average Bonchev–Trinajstić information content (AvgIpc) is 3.16. The van der Waals surface area contributed by atoms with Crippen LogP contribution in [0.5, 0.6) is 0 Å². The Hall–Kier alpha value is -2.07. The van der Waals surface area contributed by atoms with E-state index in [0.717, 1.165) is 16.2 Å². The van der Waals surface area contributed by atoms with Crippen molar-refractivity contribution in [3.8, 4) is 0 Å². The molecule has 10 heteroatoms. The molecule has 1 aromatic carbocycles. The van der Waals surface area contributed by atoms with Gasteiger partial charge in [-0.15, -0.1) is 11.3 Å². The van der Waals surface area contributed by atoms with E-state index in [4.69, 9.17) is 0 Å². The van der Waals surface area contributed by atoms with E-state index in [1.807, 2.05) is 0 Å². The molecule has 1 saturated heterocycles. The van der Waals surface area contributed by atoms with Crippen molar-refractivity contribution in [2.45, 2.75) is 23.2 Å². The monoisotopic (exact) mass is 418 g/mol. The van der Waals surface area contributed by atoms with Gasteiger partial charge in [-0.2, -0.15) is 13.2 Å². The number of halogens is 3. The maximum Gasteiger partial charge on any atom is 0.393 e. The summed E-state index contributed by atoms with van der Waals surface area (Å²) in [5.74, 6) is -2.18. The zero-order valence-electron chi connectivity index (χ0n) is 14.1. The number of nitrogens with zero attached hydrogens (tertiary/aromatic N) is 1. The first kappa shape index (κ1) is 19.7. The quantitative estimate of drug-likeness (QED) is 0.817. The topological polar surface area (TPSA) is 66.5 Å². The van der Waals surface area contributed by atoms with Crippen LogP contribution < -0.4 is 4.72 Å². The Bertz CT molecular complexity index is 912. The number of amides is 1. The Morgan fingerprint density at radius 3 is 2.59 bits per heavy atom. The van der Waals surface area contributed by atoms with Gasteiger partial charge in [-0.05, 0) is 36.4 Å². The molecule has 1 atom stereocenters. The highest BCUT2D eigenvalue weighted by Crippen LogP contribution is 2.34. The summed E-state index contributed by atoms with van der Waals surface area (Å²) in [4.78, 5) is 13.9. The fourth-order valence-electron chi connectivity index (χ4n) is 2.97. The number of hydrogen-bond donors (Lipinski definition) is 1. The minimum atomic E-state index is -4.36. The average molecular weight is 418 g/mol. The predicted molar refractivity (Wildman–Crippen MR) is 96.3 cm³/mol. The van der Waals surface area contributed by atoms with Gasteiger partial charge in [0.15, 0.2) is 0 Å². The highest BCUT2D eigenvalue weighted by molar-refractivity contribution is 7.94. The van der Waals surface area contributed by atoms with E-state index < -0.39 is 34.6 Å². The smallest absolute Gasteiger partial charge is 0.338 e. The molecule has 2 aromatic rings. The van der Waals surface area contributed by atoms with Crippen molar-refractivity contribution < 1.29 is 26.4 Å². The molecule has 1 aliphatic rings. The summed E-state index contributed by atoms with van der Waals surface area (Å²) >= 11 is 1.02. The van der Waals surface area contributed by atoms with Crippen LogP contribution in [-0.2, 0) is 10.0 Å². The molecule has 146 valence electrons. The standard InChI is InChI=1S/C17H17F3N2O3S2/c18-17(19,20)12-5-3-9-22(11-12)16(23)13-6-1-2-7-14(13)21-27(24,25)15-8-4-10-26-15/h1-2,4,6-8,10,12,21H,3,5,9,11H2/t12-/m0/s1. The second kappa shape index (κ2) is 7.51. The molecule has 0 aliphatic carbocycles. The second-order valence-electron chi connectivity index (χ2n) is 6.22. The van der Waals surface area contributed by atoms with Gasteiger partial charge in [-0.3, -0.25) is 9.52 Å². The first-order valence-electron chi connectivity index (χ1n) is 8.20. The first-order chi connectivity index (χ1) is 12.7. The molecule has 0 unspecified atom stereocenters. The lowest BCUT2D eigenvalue weighted by Gasteiger charge is -2.34. The molecule has 1 fully saturated rings. The summed E-state index contributed by atoms with van der Waals surface area (Å²) < 4.78 is 66.3. The predicted octanol–water partition coefficient (Wildman–Crippen LogP) is 3.96. The van der Waals surface area contributed by atoms with Crippen molar-refractivity contribution >= 4 is 33.0 Å². The van der Waals surface area contributed by atoms with Gasteiger partial charge < -0.3 is 4.90 Å². The van der Waals surface area contributed by atoms with Crippen molar-refractivity contribution in [3.63, 3.8) is 0 Å². The van der Waals surface area contributed by atoms with Gasteiger partial charge in [0.05, 0.1) is 17.2 Å². The lowest BCUT2D eigenvalue weighted by atomic mass is 9.96. The number of rotatable bonds is 4. The van der Waals surface area contributed by atoms with Crippen molar-refractivity contribution in [1.29, 1.82) is 0 Å². The Kier molecular flexibility index (Phi) is 5.48. The Morgan fingerprint density at radius 1 is 1.19 bits per heavy atom.